The van der Waals surface area contributed by atoms with E-state index in [0.29, 0.717) is 0 Å². The number of piperidine rings is 1. The second-order valence-electron chi connectivity index (χ2n) is 4.13. The van der Waals surface area contributed by atoms with Crippen molar-refractivity contribution in [1.29, 1.82) is 0 Å². The third-order valence-electron chi connectivity index (χ3n) is 3.24. The highest BCUT2D eigenvalue weighted by atomic mass is 15.2. The largest absolute Gasteiger partial charge is 0.314 e. The summed E-state index contributed by atoms with van der Waals surface area (Å²) in [5.41, 5.74) is 0. The van der Waals surface area contributed by atoms with Gasteiger partial charge in [0.2, 0.25) is 0 Å². The Kier molecular flexibility index (Phi) is 4.74. The van der Waals surface area contributed by atoms with Gasteiger partial charge >= 0.3 is 0 Å². The van der Waals surface area contributed by atoms with Gasteiger partial charge in [-0.1, -0.05) is 13.8 Å². The summed E-state index contributed by atoms with van der Waals surface area (Å²) in [6.45, 7) is 10.5. The van der Waals surface area contributed by atoms with Crippen LogP contribution >= 0.6 is 0 Å². The summed E-state index contributed by atoms with van der Waals surface area (Å²) in [7, 11) is 0. The van der Waals surface area contributed by atoms with Crippen LogP contribution in [0.5, 0.6) is 0 Å². The van der Waals surface area contributed by atoms with Gasteiger partial charge in [-0.05, 0) is 45.8 Å². The monoisotopic (exact) mass is 184 g/mol. The van der Waals surface area contributed by atoms with Crippen molar-refractivity contribution in [3.63, 3.8) is 0 Å². The van der Waals surface area contributed by atoms with Gasteiger partial charge in [-0.15, -0.1) is 0 Å². The predicted octanol–water partition coefficient (Wildman–Crippen LogP) is 1.86. The molecule has 0 aromatic rings. The Morgan fingerprint density at radius 2 is 1.92 bits per heavy atom. The fourth-order valence-corrected chi connectivity index (χ4v) is 2.09. The van der Waals surface area contributed by atoms with E-state index in [9.17, 15) is 0 Å². The Labute approximate surface area is 82.7 Å². The minimum Gasteiger partial charge on any atom is -0.314 e. The molecule has 1 aliphatic heterocycles. The summed E-state index contributed by atoms with van der Waals surface area (Å²) in [5.74, 6) is 0. The Morgan fingerprint density at radius 3 is 2.38 bits per heavy atom. The Hall–Kier alpha value is -0.0800. The van der Waals surface area contributed by atoms with Crippen LogP contribution in [0, 0.1) is 0 Å². The zero-order valence-electron chi connectivity index (χ0n) is 9.34. The van der Waals surface area contributed by atoms with Crippen molar-refractivity contribution in [2.45, 2.75) is 52.1 Å². The van der Waals surface area contributed by atoms with Crippen molar-refractivity contribution in [1.82, 2.24) is 10.2 Å². The maximum absolute atomic E-state index is 3.54. The molecule has 13 heavy (non-hydrogen) atoms. The molecule has 0 aromatic carbocycles. The van der Waals surface area contributed by atoms with E-state index in [4.69, 9.17) is 0 Å². The van der Waals surface area contributed by atoms with E-state index >= 15 is 0 Å². The topological polar surface area (TPSA) is 15.3 Å². The predicted molar refractivity (Wildman–Crippen MR) is 58.0 cm³/mol. The van der Waals surface area contributed by atoms with Gasteiger partial charge in [0.15, 0.2) is 0 Å². The molecule has 1 unspecified atom stereocenters. The molecule has 1 rings (SSSR count). The zero-order valence-corrected chi connectivity index (χ0v) is 9.34. The highest BCUT2D eigenvalue weighted by Gasteiger charge is 2.20. The molecule has 78 valence electrons. The van der Waals surface area contributed by atoms with Crippen molar-refractivity contribution in [3.05, 3.63) is 0 Å². The highest BCUT2D eigenvalue weighted by Crippen LogP contribution is 2.14. The summed E-state index contributed by atoms with van der Waals surface area (Å²) < 4.78 is 0. The number of likely N-dealkylation sites (tertiary alicyclic amines) is 1. The molecule has 0 radical (unpaired) electrons. The van der Waals surface area contributed by atoms with Gasteiger partial charge in [-0.3, -0.25) is 0 Å². The minimum absolute atomic E-state index is 0.780. The molecule has 1 aliphatic rings. The molecular formula is C11H24N2. The summed E-state index contributed by atoms with van der Waals surface area (Å²) in [6.07, 6.45) is 3.95. The third kappa shape index (κ3) is 3.28. The van der Waals surface area contributed by atoms with E-state index < -0.39 is 0 Å². The lowest BCUT2D eigenvalue weighted by molar-refractivity contribution is 0.150. The van der Waals surface area contributed by atoms with Gasteiger partial charge in [-0.2, -0.15) is 0 Å². The van der Waals surface area contributed by atoms with E-state index in [1.807, 2.05) is 0 Å². The third-order valence-corrected chi connectivity index (χ3v) is 3.24. The number of nitrogens with one attached hydrogen (secondary N) is 1. The van der Waals surface area contributed by atoms with Gasteiger partial charge in [0.25, 0.3) is 0 Å². The van der Waals surface area contributed by atoms with Gasteiger partial charge < -0.3 is 10.2 Å². The molecule has 0 aliphatic carbocycles. The van der Waals surface area contributed by atoms with Crippen LogP contribution in [0.3, 0.4) is 0 Å². The van der Waals surface area contributed by atoms with Crippen LogP contribution in [-0.2, 0) is 0 Å². The average Bonchev–Trinajstić information content (AvgIpc) is 2.18. The van der Waals surface area contributed by atoms with Gasteiger partial charge in [0.05, 0.1) is 0 Å². The first-order valence-electron chi connectivity index (χ1n) is 5.75. The molecular weight excluding hydrogens is 160 g/mol. The lowest BCUT2D eigenvalue weighted by atomic mass is 10.0. The number of rotatable bonds is 4. The second kappa shape index (κ2) is 5.61. The molecule has 0 saturated carbocycles. The van der Waals surface area contributed by atoms with E-state index in [2.05, 4.69) is 31.0 Å². The van der Waals surface area contributed by atoms with Crippen molar-refractivity contribution < 1.29 is 0 Å². The van der Waals surface area contributed by atoms with Crippen molar-refractivity contribution >= 4 is 0 Å². The van der Waals surface area contributed by atoms with E-state index in [-0.39, 0.29) is 0 Å². The van der Waals surface area contributed by atoms with Crippen LogP contribution in [0.2, 0.25) is 0 Å². The van der Waals surface area contributed by atoms with Crippen LogP contribution in [0.1, 0.15) is 40.0 Å². The Morgan fingerprint density at radius 1 is 1.31 bits per heavy atom. The molecule has 0 amide bonds. The van der Waals surface area contributed by atoms with Crippen LogP contribution in [0.15, 0.2) is 0 Å². The van der Waals surface area contributed by atoms with Crippen molar-refractivity contribution in [2.24, 2.45) is 0 Å². The highest BCUT2D eigenvalue weighted by molar-refractivity contribution is 4.79. The van der Waals surface area contributed by atoms with Gasteiger partial charge in [0, 0.05) is 12.1 Å². The maximum Gasteiger partial charge on any atom is 0.00912 e. The maximum atomic E-state index is 3.54. The first kappa shape index (κ1) is 11.0. The summed E-state index contributed by atoms with van der Waals surface area (Å²) >= 11 is 0. The molecule has 1 fully saturated rings. The Bertz CT molecular complexity index is 128. The summed E-state index contributed by atoms with van der Waals surface area (Å²) in [6, 6.07) is 1.56. The molecule has 1 heterocycles. The van der Waals surface area contributed by atoms with Crippen LogP contribution in [-0.4, -0.2) is 36.6 Å². The van der Waals surface area contributed by atoms with E-state index in [1.165, 1.54) is 32.4 Å². The average molecular weight is 184 g/mol. The summed E-state index contributed by atoms with van der Waals surface area (Å²) in [5, 5.41) is 3.54. The molecule has 2 nitrogen and oxygen atoms in total. The zero-order chi connectivity index (χ0) is 9.68. The lowest BCUT2D eigenvalue weighted by Crippen LogP contribution is -2.45. The molecule has 1 saturated heterocycles. The van der Waals surface area contributed by atoms with E-state index in [0.717, 1.165) is 18.6 Å². The molecule has 0 aromatic heterocycles. The van der Waals surface area contributed by atoms with Crippen molar-refractivity contribution in [3.8, 4) is 0 Å². The Balaban J connectivity index is 2.22. The molecule has 0 bridgehead atoms. The number of hydrogen-bond donors (Lipinski definition) is 1. The fourth-order valence-electron chi connectivity index (χ4n) is 2.09. The SMILES string of the molecule is CCNC1CCN(C(C)CC)CC1. The molecule has 0 spiro atoms. The van der Waals surface area contributed by atoms with Crippen LogP contribution in [0.25, 0.3) is 0 Å². The fraction of sp³-hybridized carbons (Fsp3) is 1.00. The van der Waals surface area contributed by atoms with Crippen LogP contribution in [0.4, 0.5) is 0 Å². The van der Waals surface area contributed by atoms with E-state index in [1.54, 1.807) is 0 Å². The normalized spacial score (nSPS) is 23.3. The van der Waals surface area contributed by atoms with Gasteiger partial charge in [-0.25, -0.2) is 0 Å². The summed E-state index contributed by atoms with van der Waals surface area (Å²) in [4.78, 5) is 2.62. The van der Waals surface area contributed by atoms with Gasteiger partial charge in [0.1, 0.15) is 0 Å². The smallest absolute Gasteiger partial charge is 0.00912 e. The minimum atomic E-state index is 0.780. The molecule has 1 N–H and O–H groups in total. The van der Waals surface area contributed by atoms with Crippen LogP contribution < -0.4 is 5.32 Å². The lowest BCUT2D eigenvalue weighted by Gasteiger charge is -2.35. The number of hydrogen-bond acceptors (Lipinski definition) is 2. The first-order valence-corrected chi connectivity index (χ1v) is 5.75. The molecule has 1 atom stereocenters. The standard InChI is InChI=1S/C11H24N2/c1-4-10(3)13-8-6-11(7-9-13)12-5-2/h10-12H,4-9H2,1-3H3. The van der Waals surface area contributed by atoms with Crippen molar-refractivity contribution in [2.75, 3.05) is 19.6 Å². The second-order valence-corrected chi connectivity index (χ2v) is 4.13. The first-order chi connectivity index (χ1) is 6.27. The number of nitrogens with zero attached hydrogens (tertiary/aromatic N) is 1. The quantitative estimate of drug-likeness (QED) is 0.717. The molecule has 2 heteroatoms.